The highest BCUT2D eigenvalue weighted by Gasteiger charge is 2.58. The first kappa shape index (κ1) is 41.0. The van der Waals surface area contributed by atoms with Gasteiger partial charge in [0, 0.05) is 44.9 Å². The van der Waals surface area contributed by atoms with E-state index in [4.69, 9.17) is 14.2 Å². The van der Waals surface area contributed by atoms with Gasteiger partial charge in [0.15, 0.2) is 5.78 Å². The van der Waals surface area contributed by atoms with Crippen LogP contribution in [0.15, 0.2) is 66.3 Å². The molecule has 1 aromatic rings. The Bertz CT molecular complexity index is 1400. The average molecular weight is 696 g/mol. The standard InChI is InChI=1S/C40H57NO9/c1-27(24-29(3)34(42)26-48-6)16-10-8-11-17-28(2)35(49-7)25-33-21-20-30(4)40(47,50-33)36(43)37(44)41-23-15-14-22-39(41,38(45)46)31(5)32-18-12-9-13-19-32/h8-13,16-19,27,29-31,33,35,47H,14-15,20-26H2,1-7H3,(H,45,46)/t27-,29-,30-,31?,33+,35+,39?,40-/m1/s1. The van der Waals surface area contributed by atoms with Gasteiger partial charge in [0.25, 0.3) is 11.7 Å². The minimum Gasteiger partial charge on any atom is -0.479 e. The Hall–Kier alpha value is -3.44. The fourth-order valence-corrected chi connectivity index (χ4v) is 7.33. The first-order valence-corrected chi connectivity index (χ1v) is 17.8. The second-order valence-electron chi connectivity index (χ2n) is 14.2. The van der Waals surface area contributed by atoms with Crippen molar-refractivity contribution >= 4 is 23.4 Å². The Morgan fingerprint density at radius 1 is 1.04 bits per heavy atom. The Morgan fingerprint density at radius 3 is 2.38 bits per heavy atom. The summed E-state index contributed by atoms with van der Waals surface area (Å²) < 4.78 is 16.8. The Balaban J connectivity index is 1.71. The molecule has 0 aliphatic carbocycles. The van der Waals surface area contributed by atoms with Gasteiger partial charge in [0.2, 0.25) is 5.79 Å². The lowest BCUT2D eigenvalue weighted by atomic mass is 9.73. The first-order chi connectivity index (χ1) is 23.7. The summed E-state index contributed by atoms with van der Waals surface area (Å²) in [6.45, 7) is 9.56. The number of hydrogen-bond donors (Lipinski definition) is 2. The van der Waals surface area contributed by atoms with Crippen LogP contribution in [0.5, 0.6) is 0 Å². The number of likely N-dealkylation sites (tertiary alicyclic amines) is 1. The molecule has 10 heteroatoms. The maximum atomic E-state index is 14.0. The average Bonchev–Trinajstić information content (AvgIpc) is 3.11. The number of aliphatic hydroxyl groups is 1. The van der Waals surface area contributed by atoms with Crippen molar-refractivity contribution in [3.05, 3.63) is 71.8 Å². The SMILES string of the molecule is COCC(=O)[C@H](C)C[C@H](C)C=CC=CC=C(C)[C@H](C[C@@H]1CC[C@@H](C)[C@](O)(C(=O)C(=O)N2CCCCC2(C(=O)O)C(C)c2ccccc2)O1)OC. The summed E-state index contributed by atoms with van der Waals surface area (Å²) in [5.41, 5.74) is 0.0101. The zero-order chi connectivity index (χ0) is 37.1. The van der Waals surface area contributed by atoms with Gasteiger partial charge in [-0.2, -0.15) is 0 Å². The summed E-state index contributed by atoms with van der Waals surface area (Å²) >= 11 is 0. The second-order valence-corrected chi connectivity index (χ2v) is 14.2. The quantitative estimate of drug-likeness (QED) is 0.148. The number of nitrogens with zero attached hydrogens (tertiary/aromatic N) is 1. The molecule has 50 heavy (non-hydrogen) atoms. The third-order valence-corrected chi connectivity index (χ3v) is 10.6. The van der Waals surface area contributed by atoms with Crippen molar-refractivity contribution in [1.29, 1.82) is 0 Å². The number of amides is 1. The van der Waals surface area contributed by atoms with Crippen LogP contribution in [0.2, 0.25) is 0 Å². The maximum absolute atomic E-state index is 14.0. The Kier molecular flexibility index (Phi) is 15.3. The highest BCUT2D eigenvalue weighted by atomic mass is 16.6. The van der Waals surface area contributed by atoms with Gasteiger partial charge in [-0.25, -0.2) is 4.79 Å². The number of carbonyl (C=O) groups excluding carboxylic acids is 3. The molecule has 2 aliphatic rings. The molecule has 0 spiro atoms. The highest BCUT2D eigenvalue weighted by Crippen LogP contribution is 2.42. The number of carboxylic acid groups (broad SMARTS) is 1. The lowest BCUT2D eigenvalue weighted by Crippen LogP contribution is -2.66. The molecule has 1 amide bonds. The molecular weight excluding hydrogens is 638 g/mol. The number of piperidine rings is 1. The van der Waals surface area contributed by atoms with E-state index in [1.54, 1.807) is 21.0 Å². The number of carboxylic acids is 1. The van der Waals surface area contributed by atoms with Crippen molar-refractivity contribution < 1.29 is 43.6 Å². The van der Waals surface area contributed by atoms with Gasteiger partial charge in [0.1, 0.15) is 12.1 Å². The van der Waals surface area contributed by atoms with E-state index >= 15 is 0 Å². The number of benzene rings is 1. The molecule has 276 valence electrons. The Labute approximate surface area is 297 Å². The molecule has 0 saturated carbocycles. The van der Waals surface area contributed by atoms with Crippen LogP contribution in [0, 0.1) is 17.8 Å². The number of ketones is 2. The molecule has 8 atom stereocenters. The molecule has 2 fully saturated rings. The fraction of sp³-hybridized carbons (Fsp3) is 0.600. The number of Topliss-reactive ketones (excluding diaryl/α,β-unsaturated/α-hetero) is 2. The molecule has 2 unspecified atom stereocenters. The van der Waals surface area contributed by atoms with E-state index in [9.17, 15) is 29.4 Å². The normalized spacial score (nSPS) is 27.2. The molecule has 2 heterocycles. The summed E-state index contributed by atoms with van der Waals surface area (Å²) in [5.74, 6) is -6.80. The predicted octanol–water partition coefficient (Wildman–Crippen LogP) is 6.04. The van der Waals surface area contributed by atoms with E-state index in [0.717, 1.165) is 17.6 Å². The zero-order valence-corrected chi connectivity index (χ0v) is 30.8. The number of rotatable bonds is 17. The molecule has 0 radical (unpaired) electrons. The number of methoxy groups -OCH3 is 2. The topological polar surface area (TPSA) is 140 Å². The highest BCUT2D eigenvalue weighted by molar-refractivity contribution is 6.39. The molecule has 2 N–H and O–H groups in total. The molecule has 2 aliphatic heterocycles. The second kappa shape index (κ2) is 18.7. The zero-order valence-electron chi connectivity index (χ0n) is 30.8. The van der Waals surface area contributed by atoms with Crippen LogP contribution in [-0.4, -0.2) is 89.5 Å². The van der Waals surface area contributed by atoms with Crippen molar-refractivity contribution in [1.82, 2.24) is 4.90 Å². The van der Waals surface area contributed by atoms with Crippen molar-refractivity contribution in [2.24, 2.45) is 17.8 Å². The summed E-state index contributed by atoms with van der Waals surface area (Å²) in [6.07, 6.45) is 12.2. The third kappa shape index (κ3) is 9.66. The smallest absolute Gasteiger partial charge is 0.330 e. The number of hydrogen-bond acceptors (Lipinski definition) is 8. The molecule has 0 bridgehead atoms. The van der Waals surface area contributed by atoms with Crippen LogP contribution in [0.4, 0.5) is 0 Å². The number of carbonyl (C=O) groups is 4. The monoisotopic (exact) mass is 695 g/mol. The van der Waals surface area contributed by atoms with Crippen molar-refractivity contribution in [2.75, 3.05) is 27.4 Å². The molecule has 1 aromatic carbocycles. The summed E-state index contributed by atoms with van der Waals surface area (Å²) in [6, 6.07) is 9.13. The van der Waals surface area contributed by atoms with Gasteiger partial charge in [-0.3, -0.25) is 14.4 Å². The molecule has 2 saturated heterocycles. The van der Waals surface area contributed by atoms with Crippen LogP contribution >= 0.6 is 0 Å². The van der Waals surface area contributed by atoms with Crippen LogP contribution in [0.25, 0.3) is 0 Å². The van der Waals surface area contributed by atoms with Crippen molar-refractivity contribution in [2.45, 2.75) is 109 Å². The van der Waals surface area contributed by atoms with Crippen LogP contribution in [0.1, 0.15) is 91.0 Å². The summed E-state index contributed by atoms with van der Waals surface area (Å²) in [5, 5.41) is 22.4. The maximum Gasteiger partial charge on any atom is 0.330 e. The summed E-state index contributed by atoms with van der Waals surface area (Å²) in [7, 11) is 3.11. The Morgan fingerprint density at radius 2 is 1.74 bits per heavy atom. The molecular formula is C40H57NO9. The minimum absolute atomic E-state index is 0.0781. The molecule has 0 aromatic heterocycles. The van der Waals surface area contributed by atoms with Gasteiger partial charge in [-0.15, -0.1) is 0 Å². The molecule has 3 rings (SSSR count). The fourth-order valence-electron chi connectivity index (χ4n) is 7.33. The lowest BCUT2D eigenvalue weighted by Gasteiger charge is -2.48. The van der Waals surface area contributed by atoms with Crippen LogP contribution < -0.4 is 0 Å². The van der Waals surface area contributed by atoms with E-state index in [1.165, 1.54) is 12.0 Å². The van der Waals surface area contributed by atoms with E-state index in [-0.39, 0.29) is 43.3 Å². The third-order valence-electron chi connectivity index (χ3n) is 10.6. The van der Waals surface area contributed by atoms with Gasteiger partial charge in [-0.05, 0) is 62.5 Å². The van der Waals surface area contributed by atoms with Gasteiger partial charge in [-0.1, -0.05) is 88.4 Å². The van der Waals surface area contributed by atoms with Gasteiger partial charge >= 0.3 is 5.97 Å². The summed E-state index contributed by atoms with van der Waals surface area (Å²) in [4.78, 5) is 54.2. The van der Waals surface area contributed by atoms with E-state index in [2.05, 4.69) is 6.92 Å². The number of allylic oxidation sites excluding steroid dienone is 5. The number of aliphatic carboxylic acids is 1. The van der Waals surface area contributed by atoms with E-state index in [1.807, 2.05) is 74.6 Å². The largest absolute Gasteiger partial charge is 0.479 e. The van der Waals surface area contributed by atoms with Crippen LogP contribution in [-0.2, 0) is 33.4 Å². The lowest BCUT2D eigenvalue weighted by molar-refractivity contribution is -0.266. The van der Waals surface area contributed by atoms with Crippen LogP contribution in [0.3, 0.4) is 0 Å². The van der Waals surface area contributed by atoms with Crippen molar-refractivity contribution in [3.8, 4) is 0 Å². The van der Waals surface area contributed by atoms with Gasteiger partial charge in [0.05, 0.1) is 12.2 Å². The predicted molar refractivity (Wildman–Crippen MR) is 191 cm³/mol. The molecule has 10 nitrogen and oxygen atoms in total. The van der Waals surface area contributed by atoms with E-state index < -0.39 is 46.9 Å². The van der Waals surface area contributed by atoms with Gasteiger partial charge < -0.3 is 29.3 Å². The first-order valence-electron chi connectivity index (χ1n) is 17.8. The van der Waals surface area contributed by atoms with Crippen molar-refractivity contribution in [3.63, 3.8) is 0 Å². The number of ether oxygens (including phenoxy) is 3. The minimum atomic E-state index is -2.40. The van der Waals surface area contributed by atoms with E-state index in [0.29, 0.717) is 32.1 Å².